The van der Waals surface area contributed by atoms with Crippen molar-refractivity contribution in [2.75, 3.05) is 26.2 Å². The predicted molar refractivity (Wildman–Crippen MR) is 87.3 cm³/mol. The highest BCUT2D eigenvalue weighted by Gasteiger charge is 2.30. The summed E-state index contributed by atoms with van der Waals surface area (Å²) in [6.45, 7) is 8.29. The zero-order valence-corrected chi connectivity index (χ0v) is 13.6. The van der Waals surface area contributed by atoms with Crippen LogP contribution in [-0.2, 0) is 6.54 Å². The minimum atomic E-state index is 1.01. The molecule has 2 atom stereocenters. The first-order valence-corrected chi connectivity index (χ1v) is 9.11. The molecule has 3 heteroatoms. The van der Waals surface area contributed by atoms with E-state index < -0.39 is 0 Å². The summed E-state index contributed by atoms with van der Waals surface area (Å²) in [5, 5.41) is 3.60. The molecule has 2 unspecified atom stereocenters. The van der Waals surface area contributed by atoms with E-state index in [1.54, 1.807) is 0 Å². The van der Waals surface area contributed by atoms with Crippen LogP contribution in [0.2, 0.25) is 0 Å². The molecule has 2 aliphatic rings. The van der Waals surface area contributed by atoms with Crippen molar-refractivity contribution in [3.05, 3.63) is 21.9 Å². The van der Waals surface area contributed by atoms with Crippen LogP contribution in [0.4, 0.5) is 0 Å². The van der Waals surface area contributed by atoms with E-state index in [1.807, 2.05) is 11.3 Å². The molecule has 1 saturated carbocycles. The Balaban J connectivity index is 1.34. The summed E-state index contributed by atoms with van der Waals surface area (Å²) >= 11 is 1.91. The van der Waals surface area contributed by atoms with Gasteiger partial charge in [0.05, 0.1) is 0 Å². The van der Waals surface area contributed by atoms with Crippen LogP contribution in [0.15, 0.2) is 12.1 Å². The molecule has 1 aliphatic carbocycles. The van der Waals surface area contributed by atoms with E-state index in [0.717, 1.165) is 24.9 Å². The average Bonchev–Trinajstić information content (AvgIpc) is 2.89. The van der Waals surface area contributed by atoms with Crippen LogP contribution in [0, 0.1) is 18.8 Å². The molecule has 1 N–H and O–H groups in total. The van der Waals surface area contributed by atoms with Gasteiger partial charge in [-0.3, -0.25) is 0 Å². The van der Waals surface area contributed by atoms with E-state index in [1.165, 1.54) is 61.5 Å². The van der Waals surface area contributed by atoms with Gasteiger partial charge in [0.2, 0.25) is 0 Å². The SMILES string of the molecule is Cc1ccc(CNCCN2CCC3CCCCC3C2)s1. The Morgan fingerprint density at radius 3 is 2.85 bits per heavy atom. The maximum atomic E-state index is 3.60. The lowest BCUT2D eigenvalue weighted by atomic mass is 9.75. The van der Waals surface area contributed by atoms with Crippen molar-refractivity contribution < 1.29 is 0 Å². The molecular formula is C17H28N2S. The first-order valence-electron chi connectivity index (χ1n) is 8.29. The van der Waals surface area contributed by atoms with Crippen molar-refractivity contribution in [2.45, 2.75) is 45.6 Å². The standard InChI is InChI=1S/C17H28N2S/c1-14-6-7-17(20-14)12-18-9-11-19-10-8-15-4-2-3-5-16(15)13-19/h6-7,15-16,18H,2-5,8-13H2,1H3. The molecule has 2 fully saturated rings. The van der Waals surface area contributed by atoms with Crippen molar-refractivity contribution in [2.24, 2.45) is 11.8 Å². The number of hydrogen-bond donors (Lipinski definition) is 1. The molecule has 20 heavy (non-hydrogen) atoms. The van der Waals surface area contributed by atoms with Crippen molar-refractivity contribution in [1.29, 1.82) is 0 Å². The molecule has 0 aromatic carbocycles. The second-order valence-corrected chi connectivity index (χ2v) is 7.96. The summed E-state index contributed by atoms with van der Waals surface area (Å²) in [5.74, 6) is 2.07. The largest absolute Gasteiger partial charge is 0.311 e. The van der Waals surface area contributed by atoms with Crippen LogP contribution in [0.1, 0.15) is 41.9 Å². The monoisotopic (exact) mass is 292 g/mol. The smallest absolute Gasteiger partial charge is 0.0300 e. The second-order valence-electron chi connectivity index (χ2n) is 6.58. The van der Waals surface area contributed by atoms with Crippen LogP contribution in [0.3, 0.4) is 0 Å². The second kappa shape index (κ2) is 7.06. The molecular weight excluding hydrogens is 264 g/mol. The lowest BCUT2D eigenvalue weighted by molar-refractivity contribution is 0.0875. The zero-order chi connectivity index (χ0) is 13.8. The third kappa shape index (κ3) is 3.84. The molecule has 3 rings (SSSR count). The van der Waals surface area contributed by atoms with Crippen LogP contribution >= 0.6 is 11.3 Å². The van der Waals surface area contributed by atoms with Crippen molar-refractivity contribution in [3.8, 4) is 0 Å². The first-order chi connectivity index (χ1) is 9.81. The highest BCUT2D eigenvalue weighted by atomic mass is 32.1. The summed E-state index contributed by atoms with van der Waals surface area (Å²) in [5.41, 5.74) is 0. The van der Waals surface area contributed by atoms with E-state index in [4.69, 9.17) is 0 Å². The molecule has 2 nitrogen and oxygen atoms in total. The Labute approximate surface area is 127 Å². The summed E-state index contributed by atoms with van der Waals surface area (Å²) in [7, 11) is 0. The third-order valence-electron chi connectivity index (χ3n) is 5.08. The summed E-state index contributed by atoms with van der Waals surface area (Å²) in [4.78, 5) is 5.58. The van der Waals surface area contributed by atoms with Crippen molar-refractivity contribution in [1.82, 2.24) is 10.2 Å². The van der Waals surface area contributed by atoms with Gasteiger partial charge in [-0.2, -0.15) is 0 Å². The molecule has 2 heterocycles. The zero-order valence-electron chi connectivity index (χ0n) is 12.7. The number of nitrogens with one attached hydrogen (secondary N) is 1. The number of hydrogen-bond acceptors (Lipinski definition) is 3. The number of piperidine rings is 1. The maximum Gasteiger partial charge on any atom is 0.0300 e. The number of rotatable bonds is 5. The van der Waals surface area contributed by atoms with Gasteiger partial charge in [0, 0.05) is 35.9 Å². The normalized spacial score (nSPS) is 27.4. The van der Waals surface area contributed by atoms with Crippen LogP contribution in [0.25, 0.3) is 0 Å². The Hall–Kier alpha value is -0.380. The molecule has 0 bridgehead atoms. The van der Waals surface area contributed by atoms with E-state index in [9.17, 15) is 0 Å². The Morgan fingerprint density at radius 1 is 1.20 bits per heavy atom. The average molecular weight is 292 g/mol. The van der Waals surface area contributed by atoms with Gasteiger partial charge in [0.25, 0.3) is 0 Å². The van der Waals surface area contributed by atoms with E-state index in [2.05, 4.69) is 29.3 Å². The van der Waals surface area contributed by atoms with Crippen molar-refractivity contribution in [3.63, 3.8) is 0 Å². The molecule has 1 saturated heterocycles. The fraction of sp³-hybridized carbons (Fsp3) is 0.765. The minimum absolute atomic E-state index is 1.01. The van der Waals surface area contributed by atoms with Crippen molar-refractivity contribution >= 4 is 11.3 Å². The maximum absolute atomic E-state index is 3.60. The summed E-state index contributed by atoms with van der Waals surface area (Å²) < 4.78 is 0. The van der Waals surface area contributed by atoms with Gasteiger partial charge in [-0.05, 0) is 50.3 Å². The van der Waals surface area contributed by atoms with Gasteiger partial charge in [0.15, 0.2) is 0 Å². The van der Waals surface area contributed by atoms with Gasteiger partial charge < -0.3 is 10.2 Å². The van der Waals surface area contributed by atoms with E-state index in [-0.39, 0.29) is 0 Å². The molecule has 112 valence electrons. The molecule has 1 aromatic heterocycles. The number of nitrogens with zero attached hydrogens (tertiary/aromatic N) is 1. The topological polar surface area (TPSA) is 15.3 Å². The molecule has 1 aliphatic heterocycles. The molecule has 0 amide bonds. The number of aryl methyl sites for hydroxylation is 1. The predicted octanol–water partition coefficient (Wildman–Crippen LogP) is 3.66. The van der Waals surface area contributed by atoms with Crippen LogP contribution < -0.4 is 5.32 Å². The minimum Gasteiger partial charge on any atom is -0.311 e. The summed E-state index contributed by atoms with van der Waals surface area (Å²) in [6, 6.07) is 4.47. The molecule has 0 radical (unpaired) electrons. The lowest BCUT2D eigenvalue weighted by Crippen LogP contribution is -2.44. The number of thiophene rings is 1. The molecule has 1 aromatic rings. The molecule has 0 spiro atoms. The quantitative estimate of drug-likeness (QED) is 0.833. The van der Waals surface area contributed by atoms with Crippen LogP contribution in [-0.4, -0.2) is 31.1 Å². The highest BCUT2D eigenvalue weighted by Crippen LogP contribution is 2.35. The summed E-state index contributed by atoms with van der Waals surface area (Å²) in [6.07, 6.45) is 7.42. The van der Waals surface area contributed by atoms with Gasteiger partial charge in [-0.25, -0.2) is 0 Å². The van der Waals surface area contributed by atoms with E-state index in [0.29, 0.717) is 0 Å². The number of fused-ring (bicyclic) bond motifs is 1. The van der Waals surface area contributed by atoms with E-state index >= 15 is 0 Å². The van der Waals surface area contributed by atoms with Gasteiger partial charge in [-0.15, -0.1) is 11.3 Å². The third-order valence-corrected chi connectivity index (χ3v) is 6.08. The van der Waals surface area contributed by atoms with Gasteiger partial charge >= 0.3 is 0 Å². The lowest BCUT2D eigenvalue weighted by Gasteiger charge is -2.41. The highest BCUT2D eigenvalue weighted by molar-refractivity contribution is 7.11. The van der Waals surface area contributed by atoms with Gasteiger partial charge in [0.1, 0.15) is 0 Å². The number of likely N-dealkylation sites (tertiary alicyclic amines) is 1. The van der Waals surface area contributed by atoms with Crippen LogP contribution in [0.5, 0.6) is 0 Å². The van der Waals surface area contributed by atoms with Gasteiger partial charge in [-0.1, -0.05) is 19.3 Å². The fourth-order valence-corrected chi connectivity index (χ4v) is 4.77. The fourth-order valence-electron chi connectivity index (χ4n) is 3.91. The Bertz CT molecular complexity index is 415. The first kappa shape index (κ1) is 14.6. The Kier molecular flexibility index (Phi) is 5.14. The Morgan fingerprint density at radius 2 is 2.05 bits per heavy atom.